The number of amides is 1. The molecule has 0 aliphatic rings. The molecule has 4 nitrogen and oxygen atoms in total. The number of hydroxylamine groups is 1. The largest absolute Gasteiger partial charge is 0.496 e. The molecule has 0 bridgehead atoms. The lowest BCUT2D eigenvalue weighted by molar-refractivity contribution is -0.140. The van der Waals surface area contributed by atoms with E-state index in [0.717, 1.165) is 16.9 Å². The molecule has 0 saturated carbocycles. The van der Waals surface area contributed by atoms with Gasteiger partial charge in [-0.05, 0) is 45.9 Å². The Kier molecular flexibility index (Phi) is 5.12. The Hall–Kier alpha value is -1.81. The summed E-state index contributed by atoms with van der Waals surface area (Å²) >= 11 is 0. The summed E-state index contributed by atoms with van der Waals surface area (Å²) in [6.07, 6.45) is 3.12. The Balaban J connectivity index is 2.71. The van der Waals surface area contributed by atoms with Crippen molar-refractivity contribution < 1.29 is 14.4 Å². The fourth-order valence-electron chi connectivity index (χ4n) is 1.39. The van der Waals surface area contributed by atoms with Crippen LogP contribution in [0.2, 0.25) is 0 Å². The highest BCUT2D eigenvalue weighted by Crippen LogP contribution is 2.20. The molecule has 1 N–H and O–H groups in total. The number of nitrogens with one attached hydrogen (secondary N) is 1. The average molecular weight is 263 g/mol. The molecule has 0 aliphatic heterocycles. The fraction of sp³-hybridized carbons (Fsp3) is 0.400. The minimum Gasteiger partial charge on any atom is -0.496 e. The van der Waals surface area contributed by atoms with E-state index in [0.29, 0.717) is 0 Å². The van der Waals surface area contributed by atoms with Crippen molar-refractivity contribution in [3.05, 3.63) is 35.4 Å². The minimum atomic E-state index is -0.412. The Morgan fingerprint density at radius 3 is 2.58 bits per heavy atom. The van der Waals surface area contributed by atoms with Gasteiger partial charge in [0.2, 0.25) is 0 Å². The lowest BCUT2D eigenvalue weighted by Gasteiger charge is -2.18. The van der Waals surface area contributed by atoms with Crippen LogP contribution in [0.3, 0.4) is 0 Å². The van der Waals surface area contributed by atoms with Crippen LogP contribution in [0.4, 0.5) is 0 Å². The lowest BCUT2D eigenvalue weighted by Crippen LogP contribution is -2.32. The molecule has 0 unspecified atom stereocenters. The number of aryl methyl sites for hydroxylation is 1. The number of carbonyl (C=O) groups is 1. The predicted octanol–water partition coefficient (Wildman–Crippen LogP) is 2.86. The van der Waals surface area contributed by atoms with Crippen molar-refractivity contribution in [2.75, 3.05) is 7.11 Å². The van der Waals surface area contributed by atoms with Crippen LogP contribution in [0.1, 0.15) is 31.9 Å². The lowest BCUT2D eigenvalue weighted by atomic mass is 10.1. The Morgan fingerprint density at radius 2 is 2.00 bits per heavy atom. The highest BCUT2D eigenvalue weighted by atomic mass is 16.7. The fourth-order valence-corrected chi connectivity index (χ4v) is 1.39. The average Bonchev–Trinajstić information content (AvgIpc) is 2.33. The smallest absolute Gasteiger partial charge is 0.267 e. The molecule has 0 aromatic heterocycles. The number of carbonyl (C=O) groups excluding carboxylic acids is 1. The molecule has 1 aromatic carbocycles. The summed E-state index contributed by atoms with van der Waals surface area (Å²) in [5.41, 5.74) is 3.92. The second-order valence-electron chi connectivity index (χ2n) is 5.26. The van der Waals surface area contributed by atoms with Crippen molar-refractivity contribution in [1.82, 2.24) is 5.48 Å². The number of methoxy groups -OCH3 is 1. The number of hydrogen-bond donors (Lipinski definition) is 1. The van der Waals surface area contributed by atoms with E-state index in [-0.39, 0.29) is 5.91 Å². The number of hydrogen-bond acceptors (Lipinski definition) is 3. The van der Waals surface area contributed by atoms with Crippen LogP contribution < -0.4 is 10.2 Å². The van der Waals surface area contributed by atoms with E-state index in [1.165, 1.54) is 6.08 Å². The van der Waals surface area contributed by atoms with Gasteiger partial charge in [-0.25, -0.2) is 5.48 Å². The van der Waals surface area contributed by atoms with Gasteiger partial charge in [0, 0.05) is 11.6 Å². The maximum absolute atomic E-state index is 11.6. The van der Waals surface area contributed by atoms with Crippen LogP contribution in [0.15, 0.2) is 24.3 Å². The van der Waals surface area contributed by atoms with E-state index >= 15 is 0 Å². The molecule has 0 saturated heterocycles. The van der Waals surface area contributed by atoms with Gasteiger partial charge in [0.1, 0.15) is 5.75 Å². The number of ether oxygens (including phenoxy) is 1. The van der Waals surface area contributed by atoms with Gasteiger partial charge in [0.25, 0.3) is 5.91 Å². The summed E-state index contributed by atoms with van der Waals surface area (Å²) in [5.74, 6) is 0.421. The summed E-state index contributed by atoms with van der Waals surface area (Å²) in [6, 6.07) is 5.78. The molecule has 0 atom stereocenters. The third kappa shape index (κ3) is 5.57. The van der Waals surface area contributed by atoms with Crippen LogP contribution in [0.25, 0.3) is 6.08 Å². The van der Waals surface area contributed by atoms with Crippen LogP contribution in [0.5, 0.6) is 5.75 Å². The summed E-state index contributed by atoms with van der Waals surface area (Å²) in [7, 11) is 1.60. The normalized spacial score (nSPS) is 11.6. The molecule has 1 amide bonds. The van der Waals surface area contributed by atoms with Crippen LogP contribution in [-0.4, -0.2) is 18.6 Å². The number of benzene rings is 1. The third-order valence-corrected chi connectivity index (χ3v) is 2.26. The van der Waals surface area contributed by atoms with E-state index in [4.69, 9.17) is 9.57 Å². The van der Waals surface area contributed by atoms with Gasteiger partial charge in [0.05, 0.1) is 12.7 Å². The Morgan fingerprint density at radius 1 is 1.32 bits per heavy atom. The van der Waals surface area contributed by atoms with Crippen LogP contribution in [-0.2, 0) is 9.63 Å². The molecule has 0 spiro atoms. The molecule has 104 valence electrons. The molecule has 1 aromatic rings. The van der Waals surface area contributed by atoms with Gasteiger partial charge in [0.15, 0.2) is 0 Å². The predicted molar refractivity (Wildman–Crippen MR) is 75.7 cm³/mol. The molecule has 0 heterocycles. The van der Waals surface area contributed by atoms with Crippen molar-refractivity contribution in [2.45, 2.75) is 33.3 Å². The zero-order valence-corrected chi connectivity index (χ0v) is 12.1. The highest BCUT2D eigenvalue weighted by molar-refractivity contribution is 5.91. The van der Waals surface area contributed by atoms with Crippen molar-refractivity contribution >= 4 is 12.0 Å². The molecule has 4 heteroatoms. The Labute approximate surface area is 114 Å². The zero-order valence-electron chi connectivity index (χ0n) is 12.1. The van der Waals surface area contributed by atoms with Gasteiger partial charge < -0.3 is 4.74 Å². The van der Waals surface area contributed by atoms with E-state index in [2.05, 4.69) is 5.48 Å². The maximum atomic E-state index is 11.6. The molecule has 1 rings (SSSR count). The van der Waals surface area contributed by atoms with E-state index in [9.17, 15) is 4.79 Å². The maximum Gasteiger partial charge on any atom is 0.267 e. The topological polar surface area (TPSA) is 47.6 Å². The first kappa shape index (κ1) is 15.2. The first-order chi connectivity index (χ1) is 8.81. The second-order valence-corrected chi connectivity index (χ2v) is 5.26. The summed E-state index contributed by atoms with van der Waals surface area (Å²) in [5, 5.41) is 0. The highest BCUT2D eigenvalue weighted by Gasteiger charge is 2.11. The second kappa shape index (κ2) is 6.38. The van der Waals surface area contributed by atoms with Gasteiger partial charge in [-0.2, -0.15) is 0 Å². The molecule has 19 heavy (non-hydrogen) atoms. The minimum absolute atomic E-state index is 0.307. The molecular weight excluding hydrogens is 242 g/mol. The first-order valence-electron chi connectivity index (χ1n) is 6.12. The molecular formula is C15H21NO3. The van der Waals surface area contributed by atoms with E-state index < -0.39 is 5.60 Å². The van der Waals surface area contributed by atoms with Gasteiger partial charge in [-0.3, -0.25) is 9.63 Å². The molecule has 0 aliphatic carbocycles. The van der Waals surface area contributed by atoms with Gasteiger partial charge in [-0.1, -0.05) is 11.6 Å². The standard InChI is InChI=1S/C15H21NO3/c1-11-6-8-13(18-5)12(10-11)7-9-14(17)16-19-15(2,3)4/h6-10H,1-5H3,(H,16,17)/b9-7+. The van der Waals surface area contributed by atoms with Crippen LogP contribution >= 0.6 is 0 Å². The van der Waals surface area contributed by atoms with Crippen LogP contribution in [0, 0.1) is 6.92 Å². The van der Waals surface area contributed by atoms with Crippen molar-refractivity contribution in [3.8, 4) is 5.75 Å². The van der Waals surface area contributed by atoms with Gasteiger partial charge in [-0.15, -0.1) is 0 Å². The monoisotopic (exact) mass is 263 g/mol. The van der Waals surface area contributed by atoms with Gasteiger partial charge >= 0.3 is 0 Å². The Bertz CT molecular complexity index is 473. The molecule has 0 fully saturated rings. The quantitative estimate of drug-likeness (QED) is 0.671. The third-order valence-electron chi connectivity index (χ3n) is 2.26. The van der Waals surface area contributed by atoms with Crippen molar-refractivity contribution in [3.63, 3.8) is 0 Å². The summed E-state index contributed by atoms with van der Waals surface area (Å²) in [6.45, 7) is 7.57. The SMILES string of the molecule is COc1ccc(C)cc1/C=C/C(=O)NOC(C)(C)C. The first-order valence-corrected chi connectivity index (χ1v) is 6.12. The van der Waals surface area contributed by atoms with E-state index in [1.54, 1.807) is 13.2 Å². The zero-order chi connectivity index (χ0) is 14.5. The molecule has 0 radical (unpaired) electrons. The summed E-state index contributed by atoms with van der Waals surface area (Å²) in [4.78, 5) is 16.8. The van der Waals surface area contributed by atoms with Crippen molar-refractivity contribution in [1.29, 1.82) is 0 Å². The van der Waals surface area contributed by atoms with Crippen molar-refractivity contribution in [2.24, 2.45) is 0 Å². The summed E-state index contributed by atoms with van der Waals surface area (Å²) < 4.78 is 5.23. The number of rotatable bonds is 4. The van der Waals surface area contributed by atoms with E-state index in [1.807, 2.05) is 45.9 Å².